The van der Waals surface area contributed by atoms with Crippen molar-refractivity contribution in [2.45, 2.75) is 38.3 Å². The molecule has 1 aromatic heterocycles. The molecule has 1 aromatic carbocycles. The summed E-state index contributed by atoms with van der Waals surface area (Å²) in [6.07, 6.45) is 3.42. The Morgan fingerprint density at radius 1 is 1.00 bits per heavy atom. The number of para-hydroxylation sites is 1. The Bertz CT molecular complexity index is 827. The van der Waals surface area contributed by atoms with E-state index in [1.807, 2.05) is 30.3 Å². The van der Waals surface area contributed by atoms with E-state index >= 15 is 0 Å². The minimum atomic E-state index is -0.820. The predicted octanol–water partition coefficient (Wildman–Crippen LogP) is 0.896. The lowest BCUT2D eigenvalue weighted by atomic mass is 10.2. The number of imide groups is 2. The average Bonchev–Trinajstić information content (AvgIpc) is 3.35. The first-order valence-corrected chi connectivity index (χ1v) is 8.18. The summed E-state index contributed by atoms with van der Waals surface area (Å²) in [5.41, 5.74) is 0.709. The number of urea groups is 1. The third-order valence-electron chi connectivity index (χ3n) is 4.61. The maximum Gasteiger partial charge on any atom is 0.334 e. The van der Waals surface area contributed by atoms with Crippen molar-refractivity contribution in [1.29, 1.82) is 0 Å². The van der Waals surface area contributed by atoms with E-state index in [-0.39, 0.29) is 12.6 Å². The maximum absolute atomic E-state index is 12.6. The van der Waals surface area contributed by atoms with Crippen LogP contribution in [0.15, 0.2) is 30.3 Å². The highest BCUT2D eigenvalue weighted by Crippen LogP contribution is 2.28. The topological polar surface area (TPSA) is 101 Å². The fraction of sp³-hybridized carbons (Fsp3) is 0.375. The molecule has 2 fully saturated rings. The molecule has 2 aliphatic rings. The zero-order chi connectivity index (χ0) is 17.4. The highest BCUT2D eigenvalue weighted by atomic mass is 16.2. The molecule has 0 unspecified atom stereocenters. The summed E-state index contributed by atoms with van der Waals surface area (Å²) in [7, 11) is 0. The van der Waals surface area contributed by atoms with Crippen molar-refractivity contribution in [2.24, 2.45) is 0 Å². The van der Waals surface area contributed by atoms with E-state index in [1.165, 1.54) is 4.68 Å². The van der Waals surface area contributed by atoms with Gasteiger partial charge in [0, 0.05) is 6.04 Å². The van der Waals surface area contributed by atoms with Gasteiger partial charge in [0.2, 0.25) is 0 Å². The Morgan fingerprint density at radius 2 is 1.72 bits per heavy atom. The van der Waals surface area contributed by atoms with Crippen molar-refractivity contribution in [3.63, 3.8) is 0 Å². The summed E-state index contributed by atoms with van der Waals surface area (Å²) in [5.74, 6) is -1.26. The van der Waals surface area contributed by atoms with Gasteiger partial charge in [-0.05, 0) is 35.4 Å². The Labute approximate surface area is 143 Å². The lowest BCUT2D eigenvalue weighted by Gasteiger charge is -2.20. The van der Waals surface area contributed by atoms with E-state index in [0.29, 0.717) is 11.5 Å². The Hall–Kier alpha value is -3.10. The van der Waals surface area contributed by atoms with Gasteiger partial charge < -0.3 is 0 Å². The monoisotopic (exact) mass is 340 g/mol. The van der Waals surface area contributed by atoms with Crippen LogP contribution in [-0.4, -0.2) is 53.9 Å². The van der Waals surface area contributed by atoms with Gasteiger partial charge >= 0.3 is 17.8 Å². The van der Waals surface area contributed by atoms with Gasteiger partial charge in [0.1, 0.15) is 0 Å². The number of tetrazole rings is 1. The van der Waals surface area contributed by atoms with Crippen LogP contribution < -0.4 is 0 Å². The molecule has 128 valence electrons. The van der Waals surface area contributed by atoms with Gasteiger partial charge in [-0.2, -0.15) is 4.68 Å². The number of aromatic nitrogens is 4. The molecule has 9 nitrogen and oxygen atoms in total. The molecule has 4 rings (SSSR count). The average molecular weight is 340 g/mol. The lowest BCUT2D eigenvalue weighted by molar-refractivity contribution is -0.144. The molecule has 0 N–H and O–H groups in total. The molecule has 1 aliphatic carbocycles. The minimum Gasteiger partial charge on any atom is -0.263 e. The number of benzene rings is 1. The summed E-state index contributed by atoms with van der Waals surface area (Å²) in [6, 6.07) is 8.38. The van der Waals surface area contributed by atoms with Gasteiger partial charge in [-0.25, -0.2) is 9.69 Å². The van der Waals surface area contributed by atoms with E-state index in [2.05, 4.69) is 15.5 Å². The van der Waals surface area contributed by atoms with E-state index in [1.54, 1.807) is 0 Å². The molecule has 9 heteroatoms. The Morgan fingerprint density at radius 3 is 2.44 bits per heavy atom. The SMILES string of the molecule is O=C1C(=O)N(C2CCCC2)C(=O)N1Cc1nnnn1-c1ccccc1. The van der Waals surface area contributed by atoms with Crippen LogP contribution in [0.2, 0.25) is 0 Å². The van der Waals surface area contributed by atoms with Gasteiger partial charge in [0.15, 0.2) is 5.82 Å². The number of carbonyl (C=O) groups excluding carboxylic acids is 3. The maximum atomic E-state index is 12.6. The van der Waals surface area contributed by atoms with Gasteiger partial charge in [-0.3, -0.25) is 14.5 Å². The standard InChI is InChI=1S/C16H16N6O3/c23-14-15(24)21(11-6-4-5-7-11)16(25)20(14)10-13-17-18-19-22(13)12-8-2-1-3-9-12/h1-3,8-9,11H,4-7,10H2. The highest BCUT2D eigenvalue weighted by molar-refractivity contribution is 6.44. The van der Waals surface area contributed by atoms with E-state index in [9.17, 15) is 14.4 Å². The number of nitrogens with zero attached hydrogens (tertiary/aromatic N) is 6. The van der Waals surface area contributed by atoms with Crippen molar-refractivity contribution in [1.82, 2.24) is 30.0 Å². The summed E-state index contributed by atoms with van der Waals surface area (Å²) in [5, 5.41) is 11.4. The highest BCUT2D eigenvalue weighted by Gasteiger charge is 2.48. The quantitative estimate of drug-likeness (QED) is 0.605. The normalized spacial score (nSPS) is 18.6. The molecule has 4 amide bonds. The minimum absolute atomic E-state index is 0.144. The predicted molar refractivity (Wildman–Crippen MR) is 84.2 cm³/mol. The first kappa shape index (κ1) is 15.4. The van der Waals surface area contributed by atoms with Gasteiger partial charge in [-0.1, -0.05) is 31.0 Å². The smallest absolute Gasteiger partial charge is 0.263 e. The molecule has 0 radical (unpaired) electrons. The molecule has 0 atom stereocenters. The van der Waals surface area contributed by atoms with Gasteiger partial charge in [0.05, 0.1) is 12.2 Å². The van der Waals surface area contributed by atoms with Crippen molar-refractivity contribution in [3.8, 4) is 5.69 Å². The third kappa shape index (κ3) is 2.57. The molecule has 0 spiro atoms. The van der Waals surface area contributed by atoms with Crippen LogP contribution in [0.4, 0.5) is 4.79 Å². The van der Waals surface area contributed by atoms with Gasteiger partial charge in [-0.15, -0.1) is 5.10 Å². The first-order valence-electron chi connectivity index (χ1n) is 8.18. The molecule has 25 heavy (non-hydrogen) atoms. The number of rotatable bonds is 4. The molecule has 1 saturated carbocycles. The van der Waals surface area contributed by atoms with Crippen molar-refractivity contribution in [2.75, 3.05) is 0 Å². The fourth-order valence-corrected chi connectivity index (χ4v) is 3.36. The largest absolute Gasteiger partial charge is 0.334 e. The van der Waals surface area contributed by atoms with Crippen LogP contribution in [-0.2, 0) is 16.1 Å². The summed E-state index contributed by atoms with van der Waals surface area (Å²) in [4.78, 5) is 39.2. The van der Waals surface area contributed by atoms with Crippen LogP contribution in [0.3, 0.4) is 0 Å². The van der Waals surface area contributed by atoms with Crippen LogP contribution in [0.1, 0.15) is 31.5 Å². The Kier molecular flexibility index (Phi) is 3.75. The number of hydrogen-bond acceptors (Lipinski definition) is 6. The van der Waals surface area contributed by atoms with Crippen molar-refractivity contribution >= 4 is 17.8 Å². The van der Waals surface area contributed by atoms with E-state index in [4.69, 9.17) is 0 Å². The second kappa shape index (κ2) is 6.08. The zero-order valence-corrected chi connectivity index (χ0v) is 13.4. The van der Waals surface area contributed by atoms with Gasteiger partial charge in [0.25, 0.3) is 0 Å². The molecule has 0 bridgehead atoms. The number of hydrogen-bond donors (Lipinski definition) is 0. The number of carbonyl (C=O) groups is 3. The molecular formula is C16H16N6O3. The first-order chi connectivity index (χ1) is 12.2. The molecule has 2 aromatic rings. The molecular weight excluding hydrogens is 324 g/mol. The second-order valence-electron chi connectivity index (χ2n) is 6.13. The molecule has 2 heterocycles. The summed E-state index contributed by atoms with van der Waals surface area (Å²) in [6.45, 7) is -0.144. The van der Waals surface area contributed by atoms with E-state index in [0.717, 1.165) is 35.5 Å². The molecule has 1 saturated heterocycles. The second-order valence-corrected chi connectivity index (χ2v) is 6.13. The fourth-order valence-electron chi connectivity index (χ4n) is 3.36. The number of amides is 4. The van der Waals surface area contributed by atoms with E-state index < -0.39 is 17.8 Å². The summed E-state index contributed by atoms with van der Waals surface area (Å²) >= 11 is 0. The molecule has 1 aliphatic heterocycles. The Balaban J connectivity index is 1.59. The van der Waals surface area contributed by atoms with Crippen LogP contribution in [0.25, 0.3) is 5.69 Å². The van der Waals surface area contributed by atoms with Crippen molar-refractivity contribution < 1.29 is 14.4 Å². The van der Waals surface area contributed by atoms with Crippen LogP contribution >= 0.6 is 0 Å². The third-order valence-corrected chi connectivity index (χ3v) is 4.61. The summed E-state index contributed by atoms with van der Waals surface area (Å²) < 4.78 is 1.45. The van der Waals surface area contributed by atoms with Crippen LogP contribution in [0.5, 0.6) is 0 Å². The van der Waals surface area contributed by atoms with Crippen molar-refractivity contribution in [3.05, 3.63) is 36.2 Å². The van der Waals surface area contributed by atoms with Crippen LogP contribution in [0, 0.1) is 0 Å². The zero-order valence-electron chi connectivity index (χ0n) is 13.4. The lowest BCUT2D eigenvalue weighted by Crippen LogP contribution is -2.39.